The van der Waals surface area contributed by atoms with Gasteiger partial charge in [-0.05, 0) is 12.1 Å². The molecule has 0 aliphatic rings. The number of para-hydroxylation sites is 1. The third-order valence-electron chi connectivity index (χ3n) is 3.11. The van der Waals surface area contributed by atoms with E-state index in [2.05, 4.69) is 29.2 Å². The van der Waals surface area contributed by atoms with Crippen molar-refractivity contribution in [3.05, 3.63) is 54.2 Å². The van der Waals surface area contributed by atoms with Crippen LogP contribution in [0.2, 0.25) is 0 Å². The lowest BCUT2D eigenvalue weighted by Gasteiger charge is -1.99. The summed E-state index contributed by atoms with van der Waals surface area (Å²) in [6, 6.07) is 14.4. The van der Waals surface area contributed by atoms with Crippen LogP contribution in [0.4, 0.5) is 0 Å². The molecule has 4 rings (SSSR count). The standard InChI is InChI=1S/C15H9NOS/c1-2-5-11-10(4-1)8-17-15(11)12-6-3-7-13-14(12)16-9-18-13/h1-9H. The molecule has 0 spiro atoms. The Hall–Kier alpha value is -2.13. The molecule has 2 aromatic heterocycles. The highest BCUT2D eigenvalue weighted by atomic mass is 32.1. The minimum atomic E-state index is 0.905. The van der Waals surface area contributed by atoms with Crippen molar-refractivity contribution < 1.29 is 4.42 Å². The SMILES string of the molecule is c1ccc2c(-c3cccc4scnc34)occ2c1. The molecule has 2 nitrogen and oxygen atoms in total. The smallest absolute Gasteiger partial charge is 0.143 e. The van der Waals surface area contributed by atoms with Gasteiger partial charge in [-0.3, -0.25) is 0 Å². The summed E-state index contributed by atoms with van der Waals surface area (Å²) in [5, 5.41) is 2.26. The second kappa shape index (κ2) is 3.68. The molecule has 0 saturated carbocycles. The highest BCUT2D eigenvalue weighted by Gasteiger charge is 2.12. The van der Waals surface area contributed by atoms with E-state index in [9.17, 15) is 0 Å². The van der Waals surface area contributed by atoms with Crippen LogP contribution in [0, 0.1) is 0 Å². The van der Waals surface area contributed by atoms with Crippen molar-refractivity contribution in [2.45, 2.75) is 0 Å². The second-order valence-corrected chi connectivity index (χ2v) is 5.04. The Morgan fingerprint density at radius 3 is 2.94 bits per heavy atom. The molecule has 4 aromatic rings. The summed E-state index contributed by atoms with van der Waals surface area (Å²) in [7, 11) is 0. The van der Waals surface area contributed by atoms with Gasteiger partial charge in [0.1, 0.15) is 5.76 Å². The van der Waals surface area contributed by atoms with Gasteiger partial charge in [0.15, 0.2) is 0 Å². The van der Waals surface area contributed by atoms with Crippen molar-refractivity contribution >= 4 is 32.3 Å². The van der Waals surface area contributed by atoms with E-state index in [4.69, 9.17) is 4.42 Å². The van der Waals surface area contributed by atoms with Gasteiger partial charge in [-0.2, -0.15) is 0 Å². The van der Waals surface area contributed by atoms with E-state index in [0.717, 1.165) is 27.6 Å². The zero-order valence-electron chi connectivity index (χ0n) is 9.46. The molecule has 0 amide bonds. The normalized spacial score (nSPS) is 11.3. The van der Waals surface area contributed by atoms with Crippen LogP contribution < -0.4 is 0 Å². The molecule has 86 valence electrons. The van der Waals surface area contributed by atoms with Crippen LogP contribution in [0.3, 0.4) is 0 Å². The summed E-state index contributed by atoms with van der Waals surface area (Å²) in [5.41, 5.74) is 3.96. The van der Waals surface area contributed by atoms with E-state index in [0.29, 0.717) is 0 Å². The van der Waals surface area contributed by atoms with Crippen molar-refractivity contribution in [1.29, 1.82) is 0 Å². The Morgan fingerprint density at radius 2 is 1.94 bits per heavy atom. The fraction of sp³-hybridized carbons (Fsp3) is 0. The van der Waals surface area contributed by atoms with Crippen LogP contribution in [0.15, 0.2) is 58.7 Å². The quantitative estimate of drug-likeness (QED) is 0.489. The summed E-state index contributed by atoms with van der Waals surface area (Å²) < 4.78 is 6.93. The average molecular weight is 251 g/mol. The van der Waals surface area contributed by atoms with Gasteiger partial charge in [-0.1, -0.05) is 30.3 Å². The minimum Gasteiger partial charge on any atom is -0.463 e. The van der Waals surface area contributed by atoms with Crippen LogP contribution in [0.5, 0.6) is 0 Å². The van der Waals surface area contributed by atoms with Gasteiger partial charge in [0.05, 0.1) is 22.0 Å². The molecule has 0 fully saturated rings. The van der Waals surface area contributed by atoms with Crippen LogP contribution >= 0.6 is 11.3 Å². The first-order chi connectivity index (χ1) is 8.93. The van der Waals surface area contributed by atoms with Crippen molar-refractivity contribution in [3.8, 4) is 11.3 Å². The predicted molar refractivity (Wildman–Crippen MR) is 74.8 cm³/mol. The molecule has 2 aromatic carbocycles. The molecule has 3 heteroatoms. The second-order valence-electron chi connectivity index (χ2n) is 4.16. The molecular weight excluding hydrogens is 242 g/mol. The predicted octanol–water partition coefficient (Wildman–Crippen LogP) is 4.71. The first-order valence-corrected chi connectivity index (χ1v) is 6.60. The van der Waals surface area contributed by atoms with Gasteiger partial charge in [0.2, 0.25) is 0 Å². The third kappa shape index (κ3) is 1.31. The number of rotatable bonds is 1. The molecule has 18 heavy (non-hydrogen) atoms. The fourth-order valence-corrected chi connectivity index (χ4v) is 2.97. The Labute approximate surface area is 108 Å². The highest BCUT2D eigenvalue weighted by molar-refractivity contribution is 7.16. The highest BCUT2D eigenvalue weighted by Crippen LogP contribution is 2.35. The fourth-order valence-electron chi connectivity index (χ4n) is 2.27. The van der Waals surface area contributed by atoms with E-state index in [1.165, 1.54) is 4.70 Å². The van der Waals surface area contributed by atoms with Crippen LogP contribution in [0.25, 0.3) is 32.3 Å². The summed E-state index contributed by atoms with van der Waals surface area (Å²) in [6.45, 7) is 0. The van der Waals surface area contributed by atoms with Crippen LogP contribution in [-0.2, 0) is 0 Å². The van der Waals surface area contributed by atoms with E-state index >= 15 is 0 Å². The van der Waals surface area contributed by atoms with E-state index < -0.39 is 0 Å². The monoisotopic (exact) mass is 251 g/mol. The maximum atomic E-state index is 5.74. The molecule has 0 saturated heterocycles. The van der Waals surface area contributed by atoms with Gasteiger partial charge in [0, 0.05) is 16.3 Å². The summed E-state index contributed by atoms with van der Waals surface area (Å²) in [4.78, 5) is 4.44. The summed E-state index contributed by atoms with van der Waals surface area (Å²) >= 11 is 1.65. The first kappa shape index (κ1) is 9.85. The maximum Gasteiger partial charge on any atom is 0.143 e. The Kier molecular flexibility index (Phi) is 2.02. The van der Waals surface area contributed by atoms with Gasteiger partial charge in [0.25, 0.3) is 0 Å². The topological polar surface area (TPSA) is 26.0 Å². The number of hydrogen-bond donors (Lipinski definition) is 0. The van der Waals surface area contributed by atoms with Gasteiger partial charge in [-0.25, -0.2) is 4.98 Å². The molecule has 0 bridgehead atoms. The van der Waals surface area contributed by atoms with Gasteiger partial charge >= 0.3 is 0 Å². The number of benzene rings is 2. The molecular formula is C15H9NOS. The number of furan rings is 1. The Balaban J connectivity index is 2.10. The van der Waals surface area contributed by atoms with Crippen molar-refractivity contribution in [1.82, 2.24) is 4.98 Å². The number of aromatic nitrogens is 1. The van der Waals surface area contributed by atoms with Crippen LogP contribution in [0.1, 0.15) is 0 Å². The Bertz CT molecular complexity index is 844. The lowest BCUT2D eigenvalue weighted by Crippen LogP contribution is -1.78. The average Bonchev–Trinajstić information content (AvgIpc) is 3.05. The maximum absolute atomic E-state index is 5.74. The lowest BCUT2D eigenvalue weighted by atomic mass is 10.1. The molecule has 0 aliphatic heterocycles. The molecule has 2 heterocycles. The van der Waals surface area contributed by atoms with Gasteiger partial charge in [-0.15, -0.1) is 11.3 Å². The number of fused-ring (bicyclic) bond motifs is 2. The zero-order chi connectivity index (χ0) is 11.9. The Morgan fingerprint density at radius 1 is 1.00 bits per heavy atom. The molecule has 0 radical (unpaired) electrons. The largest absolute Gasteiger partial charge is 0.463 e. The van der Waals surface area contributed by atoms with Crippen molar-refractivity contribution in [3.63, 3.8) is 0 Å². The lowest BCUT2D eigenvalue weighted by molar-refractivity contribution is 0.587. The number of hydrogen-bond acceptors (Lipinski definition) is 3. The van der Waals surface area contributed by atoms with E-state index in [-0.39, 0.29) is 0 Å². The van der Waals surface area contributed by atoms with E-state index in [1.807, 2.05) is 23.7 Å². The molecule has 0 atom stereocenters. The third-order valence-corrected chi connectivity index (χ3v) is 3.91. The van der Waals surface area contributed by atoms with Crippen molar-refractivity contribution in [2.24, 2.45) is 0 Å². The van der Waals surface area contributed by atoms with Gasteiger partial charge < -0.3 is 4.42 Å². The molecule has 0 N–H and O–H groups in total. The number of nitrogens with zero attached hydrogens (tertiary/aromatic N) is 1. The summed E-state index contributed by atoms with van der Waals surface area (Å²) in [6.07, 6.45) is 1.80. The molecule has 0 unspecified atom stereocenters. The van der Waals surface area contributed by atoms with Crippen LogP contribution in [-0.4, -0.2) is 4.98 Å². The van der Waals surface area contributed by atoms with E-state index in [1.54, 1.807) is 17.6 Å². The number of thiazole rings is 1. The zero-order valence-corrected chi connectivity index (χ0v) is 10.3. The first-order valence-electron chi connectivity index (χ1n) is 5.72. The molecule has 0 aliphatic carbocycles. The van der Waals surface area contributed by atoms with Crippen molar-refractivity contribution in [2.75, 3.05) is 0 Å². The summed E-state index contributed by atoms with van der Waals surface area (Å²) in [5.74, 6) is 0.905. The minimum absolute atomic E-state index is 0.905.